The number of pyridine rings is 1. The number of alkyl halides is 6. The number of hydrogen-bond donors (Lipinski definition) is 2. The van der Waals surface area contributed by atoms with Crippen LogP contribution in [0.3, 0.4) is 0 Å². The second kappa shape index (κ2) is 6.19. The molecule has 0 saturated carbocycles. The summed E-state index contributed by atoms with van der Waals surface area (Å²) in [6.45, 7) is -0.493. The summed E-state index contributed by atoms with van der Waals surface area (Å²) in [5, 5.41) is 19.4. The van der Waals surface area contributed by atoms with Gasteiger partial charge in [-0.2, -0.15) is 31.4 Å². The molecule has 4 nitrogen and oxygen atoms in total. The Labute approximate surface area is 131 Å². The van der Waals surface area contributed by atoms with Crippen LogP contribution >= 0.6 is 0 Å². The maximum atomic E-state index is 13.1. The van der Waals surface area contributed by atoms with Gasteiger partial charge in [-0.05, 0) is 17.7 Å². The number of fused-ring (bicyclic) bond motifs is 1. The summed E-state index contributed by atoms with van der Waals surface area (Å²) in [5.41, 5.74) is -4.20. The van der Waals surface area contributed by atoms with Gasteiger partial charge in [0.2, 0.25) is 0 Å². The first-order chi connectivity index (χ1) is 10.9. The summed E-state index contributed by atoms with van der Waals surface area (Å²) < 4.78 is 78.1. The fraction of sp³-hybridized carbons (Fsp3) is 0.357. The third-order valence-electron chi connectivity index (χ3n) is 3.26. The van der Waals surface area contributed by atoms with Crippen molar-refractivity contribution in [2.45, 2.75) is 18.5 Å². The number of hydroxylamine groups is 2. The van der Waals surface area contributed by atoms with Crippen molar-refractivity contribution in [3.63, 3.8) is 0 Å². The monoisotopic (exact) mass is 354 g/mol. The van der Waals surface area contributed by atoms with E-state index in [0.29, 0.717) is 17.2 Å². The van der Waals surface area contributed by atoms with Crippen LogP contribution in [-0.4, -0.2) is 34.0 Å². The number of likely N-dealkylation sites (N-methyl/N-ethyl adjacent to an activating group) is 1. The third-order valence-corrected chi connectivity index (χ3v) is 3.26. The van der Waals surface area contributed by atoms with Crippen molar-refractivity contribution in [1.82, 2.24) is 10.0 Å². The number of halogens is 6. The second-order valence-electron chi connectivity index (χ2n) is 5.15. The number of rotatable bonds is 3. The van der Waals surface area contributed by atoms with Crippen molar-refractivity contribution in [2.75, 3.05) is 13.6 Å². The summed E-state index contributed by atoms with van der Waals surface area (Å²) in [6, 6.07) is 3.24. The first-order valence-electron chi connectivity index (χ1n) is 6.57. The second-order valence-corrected chi connectivity index (χ2v) is 5.15. The zero-order valence-electron chi connectivity index (χ0n) is 12.2. The van der Waals surface area contributed by atoms with Crippen LogP contribution in [0, 0.1) is 0 Å². The first kappa shape index (κ1) is 18.4. The maximum Gasteiger partial charge on any atom is 0.433 e. The van der Waals surface area contributed by atoms with Crippen molar-refractivity contribution in [1.29, 1.82) is 0 Å². The molecule has 1 heterocycles. The summed E-state index contributed by atoms with van der Waals surface area (Å²) in [7, 11) is 1.14. The molecule has 1 atom stereocenters. The van der Waals surface area contributed by atoms with Crippen LogP contribution in [-0.2, 0) is 12.4 Å². The number of hydrogen-bond acceptors (Lipinski definition) is 4. The van der Waals surface area contributed by atoms with Crippen molar-refractivity contribution in [3.05, 3.63) is 41.1 Å². The van der Waals surface area contributed by atoms with Gasteiger partial charge < -0.3 is 10.3 Å². The van der Waals surface area contributed by atoms with Gasteiger partial charge in [-0.3, -0.25) is 0 Å². The van der Waals surface area contributed by atoms with Gasteiger partial charge in [-0.25, -0.2) is 4.98 Å². The average Bonchev–Trinajstić information content (AvgIpc) is 2.42. The minimum atomic E-state index is -4.99. The molecule has 0 amide bonds. The fourth-order valence-corrected chi connectivity index (χ4v) is 2.27. The lowest BCUT2D eigenvalue weighted by atomic mass is 9.99. The average molecular weight is 354 g/mol. The lowest BCUT2D eigenvalue weighted by Crippen LogP contribution is -2.22. The molecule has 10 heteroatoms. The molecule has 1 aromatic carbocycles. The van der Waals surface area contributed by atoms with E-state index in [9.17, 15) is 31.4 Å². The van der Waals surface area contributed by atoms with Gasteiger partial charge in [0.25, 0.3) is 0 Å². The van der Waals surface area contributed by atoms with Gasteiger partial charge in [0.1, 0.15) is 5.69 Å². The molecule has 0 radical (unpaired) electrons. The smallest absolute Gasteiger partial charge is 0.387 e. The summed E-state index contributed by atoms with van der Waals surface area (Å²) >= 11 is 0. The van der Waals surface area contributed by atoms with Crippen molar-refractivity contribution in [2.24, 2.45) is 0 Å². The summed E-state index contributed by atoms with van der Waals surface area (Å²) in [4.78, 5) is 3.10. The molecule has 0 spiro atoms. The van der Waals surface area contributed by atoms with E-state index >= 15 is 0 Å². The van der Waals surface area contributed by atoms with Gasteiger partial charge in [0, 0.05) is 12.4 Å². The molecule has 0 aliphatic heterocycles. The van der Waals surface area contributed by atoms with E-state index in [2.05, 4.69) is 4.98 Å². The molecule has 2 aromatic rings. The third kappa shape index (κ3) is 3.77. The summed E-state index contributed by atoms with van der Waals surface area (Å²) in [5.74, 6) is 0. The Bertz CT molecular complexity index is 742. The predicted molar refractivity (Wildman–Crippen MR) is 71.1 cm³/mol. The lowest BCUT2D eigenvalue weighted by molar-refractivity contribution is -0.142. The Balaban J connectivity index is 2.81. The van der Waals surface area contributed by atoms with E-state index in [1.807, 2.05) is 0 Å². The molecule has 24 heavy (non-hydrogen) atoms. The Morgan fingerprint density at radius 3 is 2.25 bits per heavy atom. The predicted octanol–water partition coefficient (Wildman–Crippen LogP) is 3.63. The molecule has 0 saturated heterocycles. The highest BCUT2D eigenvalue weighted by Crippen LogP contribution is 2.38. The Kier molecular flexibility index (Phi) is 4.75. The molecule has 0 aliphatic carbocycles. The van der Waals surface area contributed by atoms with Crippen LogP contribution in [0.4, 0.5) is 26.3 Å². The van der Waals surface area contributed by atoms with Gasteiger partial charge >= 0.3 is 12.4 Å². The highest BCUT2D eigenvalue weighted by Gasteiger charge is 2.38. The van der Waals surface area contributed by atoms with Crippen LogP contribution in [0.2, 0.25) is 0 Å². The minimum Gasteiger partial charge on any atom is -0.387 e. The maximum absolute atomic E-state index is 13.1. The molecule has 2 N–H and O–H groups in total. The fourth-order valence-electron chi connectivity index (χ4n) is 2.27. The molecule has 0 fully saturated rings. The molecule has 1 unspecified atom stereocenters. The Morgan fingerprint density at radius 2 is 1.75 bits per heavy atom. The van der Waals surface area contributed by atoms with E-state index < -0.39 is 47.3 Å². The first-order valence-corrected chi connectivity index (χ1v) is 6.57. The number of nitrogens with zero attached hydrogens (tertiary/aromatic N) is 2. The largest absolute Gasteiger partial charge is 0.433 e. The van der Waals surface area contributed by atoms with Crippen LogP contribution in [0.1, 0.15) is 22.9 Å². The Hall–Kier alpha value is -1.91. The van der Waals surface area contributed by atoms with E-state index in [4.69, 9.17) is 5.21 Å². The zero-order chi connectivity index (χ0) is 18.3. The van der Waals surface area contributed by atoms with Crippen LogP contribution in [0.15, 0.2) is 24.3 Å². The normalized spacial score (nSPS) is 14.4. The topological polar surface area (TPSA) is 56.6 Å². The number of aromatic nitrogens is 1. The van der Waals surface area contributed by atoms with Gasteiger partial charge in [-0.15, -0.1) is 0 Å². The molecular formula is C14H12F6N2O2. The SMILES string of the molecule is CN(O)CC(O)c1cc(C(F)(F)F)nc2c(C(F)(F)F)cccc12. The summed E-state index contributed by atoms with van der Waals surface area (Å²) in [6.07, 6.45) is -11.5. The van der Waals surface area contributed by atoms with E-state index in [-0.39, 0.29) is 5.39 Å². The zero-order valence-corrected chi connectivity index (χ0v) is 12.2. The van der Waals surface area contributed by atoms with Crippen molar-refractivity contribution >= 4 is 10.9 Å². The number of benzene rings is 1. The van der Waals surface area contributed by atoms with E-state index in [0.717, 1.165) is 19.2 Å². The molecule has 0 bridgehead atoms. The molecular weight excluding hydrogens is 342 g/mol. The van der Waals surface area contributed by atoms with Crippen LogP contribution in [0.5, 0.6) is 0 Å². The highest BCUT2D eigenvalue weighted by atomic mass is 19.4. The number of aliphatic hydroxyl groups is 1. The van der Waals surface area contributed by atoms with Crippen molar-refractivity contribution in [3.8, 4) is 0 Å². The van der Waals surface area contributed by atoms with Gasteiger partial charge in [-0.1, -0.05) is 12.1 Å². The molecule has 132 valence electrons. The Morgan fingerprint density at radius 1 is 1.12 bits per heavy atom. The number of aliphatic hydroxyl groups excluding tert-OH is 1. The van der Waals surface area contributed by atoms with Crippen LogP contribution < -0.4 is 0 Å². The van der Waals surface area contributed by atoms with Crippen LogP contribution in [0.25, 0.3) is 10.9 Å². The highest BCUT2D eigenvalue weighted by molar-refractivity contribution is 5.86. The molecule has 0 aliphatic rings. The minimum absolute atomic E-state index is 0.271. The lowest BCUT2D eigenvalue weighted by Gasteiger charge is -2.20. The number of para-hydroxylation sites is 1. The molecule has 2 rings (SSSR count). The molecule has 1 aromatic heterocycles. The van der Waals surface area contributed by atoms with E-state index in [1.54, 1.807) is 0 Å². The van der Waals surface area contributed by atoms with Gasteiger partial charge in [0.05, 0.1) is 23.7 Å². The quantitative estimate of drug-likeness (QED) is 0.653. The van der Waals surface area contributed by atoms with E-state index in [1.165, 1.54) is 0 Å². The van der Waals surface area contributed by atoms with Crippen molar-refractivity contribution < 1.29 is 36.7 Å². The standard InChI is InChI=1S/C14H12F6N2O2/c1-22(24)6-10(23)8-5-11(14(18,19)20)21-12-7(8)3-2-4-9(12)13(15,16)17/h2-5,10,23-24H,6H2,1H3. The van der Waals surface area contributed by atoms with Gasteiger partial charge in [0.15, 0.2) is 0 Å².